The van der Waals surface area contributed by atoms with E-state index in [0.29, 0.717) is 6.42 Å². The summed E-state index contributed by atoms with van der Waals surface area (Å²) >= 11 is 0. The van der Waals surface area contributed by atoms with Crippen LogP contribution in [0.1, 0.15) is 37.3 Å². The first-order chi connectivity index (χ1) is 12.6. The van der Waals surface area contributed by atoms with E-state index in [2.05, 4.69) is 72.9 Å². The lowest BCUT2D eigenvalue weighted by Gasteiger charge is -2.46. The molecule has 0 unspecified atom stereocenters. The van der Waals surface area contributed by atoms with E-state index in [1.165, 1.54) is 33.0 Å². The maximum absolute atomic E-state index is 11.8. The number of hydrogen-bond acceptors (Lipinski definition) is 1. The molecule has 0 aromatic heterocycles. The van der Waals surface area contributed by atoms with Crippen LogP contribution in [0.4, 0.5) is 0 Å². The fourth-order valence-electron chi connectivity index (χ4n) is 4.99. The van der Waals surface area contributed by atoms with E-state index in [1.807, 2.05) is 0 Å². The van der Waals surface area contributed by atoms with Gasteiger partial charge >= 0.3 is 0 Å². The molecule has 1 fully saturated rings. The summed E-state index contributed by atoms with van der Waals surface area (Å²) in [5, 5.41) is 5.82. The number of benzene rings is 3. The second-order valence-electron chi connectivity index (χ2n) is 7.97. The molecule has 2 heteroatoms. The number of aryl methyl sites for hydroxylation is 1. The van der Waals surface area contributed by atoms with Gasteiger partial charge in [0.25, 0.3) is 0 Å². The van der Waals surface area contributed by atoms with Crippen LogP contribution >= 0.6 is 0 Å². The second kappa shape index (κ2) is 5.70. The van der Waals surface area contributed by atoms with E-state index in [0.717, 1.165) is 19.3 Å². The standard InChI is InChI=1S/C24H23NO/c1-24-14-13-23(26)25-22(24)12-10-18-15-17(9-11-21(18)24)20-8-4-6-16-5-2-3-7-19(16)20/h2-9,11,15,22H,10,12-14H2,1H3,(H,25,26)/t22-,24-/m1/s1. The van der Waals surface area contributed by atoms with Crippen molar-refractivity contribution in [2.45, 2.75) is 44.1 Å². The maximum Gasteiger partial charge on any atom is 0.220 e. The minimum Gasteiger partial charge on any atom is -0.352 e. The molecule has 2 nitrogen and oxygen atoms in total. The third kappa shape index (κ3) is 2.28. The highest BCUT2D eigenvalue weighted by Gasteiger charge is 2.43. The number of carbonyl (C=O) groups is 1. The number of fused-ring (bicyclic) bond motifs is 4. The van der Waals surface area contributed by atoms with Crippen molar-refractivity contribution >= 4 is 16.7 Å². The summed E-state index contributed by atoms with van der Waals surface area (Å²) in [5.74, 6) is 0.211. The van der Waals surface area contributed by atoms with Crippen LogP contribution in [0.5, 0.6) is 0 Å². The van der Waals surface area contributed by atoms with Crippen LogP contribution in [0.2, 0.25) is 0 Å². The summed E-state index contributed by atoms with van der Waals surface area (Å²) in [6, 6.07) is 22.4. The van der Waals surface area contributed by atoms with Gasteiger partial charge in [-0.05, 0) is 52.3 Å². The fourth-order valence-corrected chi connectivity index (χ4v) is 4.99. The molecule has 3 aromatic rings. The van der Waals surface area contributed by atoms with Crippen molar-refractivity contribution in [3.63, 3.8) is 0 Å². The number of rotatable bonds is 1. The van der Waals surface area contributed by atoms with Crippen LogP contribution in [-0.2, 0) is 16.6 Å². The molecule has 0 spiro atoms. The number of piperidine rings is 1. The summed E-state index contributed by atoms with van der Waals surface area (Å²) in [7, 11) is 0. The number of amides is 1. The smallest absolute Gasteiger partial charge is 0.220 e. The first-order valence-electron chi connectivity index (χ1n) is 9.56. The molecular formula is C24H23NO. The predicted octanol–water partition coefficient (Wildman–Crippen LogP) is 4.99. The van der Waals surface area contributed by atoms with Gasteiger partial charge in [-0.25, -0.2) is 0 Å². The molecule has 2 aliphatic rings. The molecule has 26 heavy (non-hydrogen) atoms. The van der Waals surface area contributed by atoms with Crippen molar-refractivity contribution in [2.75, 3.05) is 0 Å². The van der Waals surface area contributed by atoms with E-state index in [9.17, 15) is 4.79 Å². The normalized spacial score (nSPS) is 24.7. The Balaban J connectivity index is 1.62. The summed E-state index contributed by atoms with van der Waals surface area (Å²) in [6.07, 6.45) is 3.66. The fraction of sp³-hybridized carbons (Fsp3) is 0.292. The lowest BCUT2D eigenvalue weighted by molar-refractivity contribution is -0.125. The first-order valence-corrected chi connectivity index (χ1v) is 9.56. The molecular weight excluding hydrogens is 318 g/mol. The Morgan fingerprint density at radius 1 is 1.00 bits per heavy atom. The van der Waals surface area contributed by atoms with Crippen LogP contribution in [0, 0.1) is 0 Å². The minimum absolute atomic E-state index is 0.0682. The van der Waals surface area contributed by atoms with Gasteiger partial charge in [-0.2, -0.15) is 0 Å². The Kier molecular flexibility index (Phi) is 3.43. The van der Waals surface area contributed by atoms with Gasteiger partial charge in [0, 0.05) is 17.9 Å². The number of nitrogens with one attached hydrogen (secondary N) is 1. The molecule has 0 radical (unpaired) electrons. The Labute approximate surface area is 154 Å². The van der Waals surface area contributed by atoms with E-state index < -0.39 is 0 Å². The van der Waals surface area contributed by atoms with Gasteiger partial charge in [0.2, 0.25) is 5.91 Å². The highest BCUT2D eigenvalue weighted by Crippen LogP contribution is 2.44. The molecule has 0 bridgehead atoms. The molecule has 2 atom stereocenters. The molecule has 130 valence electrons. The highest BCUT2D eigenvalue weighted by atomic mass is 16.1. The summed E-state index contributed by atoms with van der Waals surface area (Å²) in [6.45, 7) is 2.33. The average molecular weight is 341 g/mol. The Hall–Kier alpha value is -2.61. The van der Waals surface area contributed by atoms with E-state index in [-0.39, 0.29) is 17.4 Å². The van der Waals surface area contributed by atoms with Gasteiger partial charge in [0.1, 0.15) is 0 Å². The zero-order valence-electron chi connectivity index (χ0n) is 15.1. The molecule has 1 aliphatic carbocycles. The monoisotopic (exact) mass is 341 g/mol. The zero-order valence-corrected chi connectivity index (χ0v) is 15.1. The van der Waals surface area contributed by atoms with E-state index in [1.54, 1.807) is 0 Å². The molecule has 1 saturated heterocycles. The van der Waals surface area contributed by atoms with Crippen LogP contribution in [0.3, 0.4) is 0 Å². The summed E-state index contributed by atoms with van der Waals surface area (Å²) in [4.78, 5) is 11.8. The number of carbonyl (C=O) groups excluding carboxylic acids is 1. The predicted molar refractivity (Wildman–Crippen MR) is 106 cm³/mol. The van der Waals surface area contributed by atoms with Crippen LogP contribution in [-0.4, -0.2) is 11.9 Å². The zero-order chi connectivity index (χ0) is 17.7. The van der Waals surface area contributed by atoms with Crippen molar-refractivity contribution in [1.29, 1.82) is 0 Å². The van der Waals surface area contributed by atoms with Gasteiger partial charge in [-0.1, -0.05) is 67.6 Å². The van der Waals surface area contributed by atoms with Crippen molar-refractivity contribution in [2.24, 2.45) is 0 Å². The van der Waals surface area contributed by atoms with Gasteiger partial charge in [-0.15, -0.1) is 0 Å². The van der Waals surface area contributed by atoms with Crippen molar-refractivity contribution < 1.29 is 4.79 Å². The van der Waals surface area contributed by atoms with Crippen LogP contribution in [0.25, 0.3) is 21.9 Å². The van der Waals surface area contributed by atoms with Gasteiger partial charge in [-0.3, -0.25) is 4.79 Å². The largest absolute Gasteiger partial charge is 0.352 e. The molecule has 3 aromatic carbocycles. The first kappa shape index (κ1) is 15.6. The van der Waals surface area contributed by atoms with Crippen molar-refractivity contribution in [3.8, 4) is 11.1 Å². The maximum atomic E-state index is 11.8. The third-order valence-electron chi connectivity index (χ3n) is 6.50. The van der Waals surface area contributed by atoms with E-state index >= 15 is 0 Å². The Morgan fingerprint density at radius 2 is 1.85 bits per heavy atom. The molecule has 1 heterocycles. The van der Waals surface area contributed by atoms with Gasteiger partial charge < -0.3 is 5.32 Å². The highest BCUT2D eigenvalue weighted by molar-refractivity contribution is 5.96. The third-order valence-corrected chi connectivity index (χ3v) is 6.50. The van der Waals surface area contributed by atoms with Crippen LogP contribution < -0.4 is 5.32 Å². The van der Waals surface area contributed by atoms with Gasteiger partial charge in [0.15, 0.2) is 0 Å². The number of hydrogen-bond donors (Lipinski definition) is 1. The average Bonchev–Trinajstić information content (AvgIpc) is 2.68. The lowest BCUT2D eigenvalue weighted by Crippen LogP contribution is -2.55. The van der Waals surface area contributed by atoms with E-state index in [4.69, 9.17) is 0 Å². The molecule has 1 N–H and O–H groups in total. The molecule has 1 amide bonds. The summed E-state index contributed by atoms with van der Waals surface area (Å²) < 4.78 is 0. The molecule has 0 saturated carbocycles. The lowest BCUT2D eigenvalue weighted by atomic mass is 9.64. The quantitative estimate of drug-likeness (QED) is 0.664. The Morgan fingerprint density at radius 3 is 2.77 bits per heavy atom. The van der Waals surface area contributed by atoms with Crippen molar-refractivity contribution in [3.05, 3.63) is 71.8 Å². The molecule has 1 aliphatic heterocycles. The topological polar surface area (TPSA) is 29.1 Å². The van der Waals surface area contributed by atoms with Crippen molar-refractivity contribution in [1.82, 2.24) is 5.32 Å². The molecule has 5 rings (SSSR count). The Bertz CT molecular complexity index is 1020. The summed E-state index contributed by atoms with van der Waals surface area (Å²) in [5.41, 5.74) is 5.54. The minimum atomic E-state index is 0.0682. The van der Waals surface area contributed by atoms with Gasteiger partial charge in [0.05, 0.1) is 0 Å². The SMILES string of the molecule is C[C@]12CCC(=O)N[C@@H]1CCc1cc(-c3cccc4ccccc34)ccc12. The van der Waals surface area contributed by atoms with Crippen LogP contribution in [0.15, 0.2) is 60.7 Å². The second-order valence-corrected chi connectivity index (χ2v) is 7.97.